The van der Waals surface area contributed by atoms with Gasteiger partial charge < -0.3 is 15.5 Å². The van der Waals surface area contributed by atoms with Crippen molar-refractivity contribution in [2.24, 2.45) is 0 Å². The van der Waals surface area contributed by atoms with Crippen LogP contribution in [-0.4, -0.2) is 73.5 Å². The largest absolute Gasteiger partial charge is 0.350 e. The fourth-order valence-corrected chi connectivity index (χ4v) is 2.05. The number of hydrogen-bond acceptors (Lipinski definition) is 4. The highest BCUT2D eigenvalue weighted by Crippen LogP contribution is 2.06. The number of nitrogens with one attached hydrogen (secondary N) is 2. The number of carbonyl (C=O) groups is 2. The Bertz CT molecular complexity index is 344. The molecule has 0 unspecified atom stereocenters. The van der Waals surface area contributed by atoms with E-state index in [-0.39, 0.29) is 36.3 Å². The van der Waals surface area contributed by atoms with Crippen molar-refractivity contribution in [1.29, 1.82) is 0 Å². The molecule has 2 N–H and O–H groups in total. The Morgan fingerprint density at radius 2 is 1.81 bits per heavy atom. The van der Waals surface area contributed by atoms with Gasteiger partial charge in [0.25, 0.3) is 0 Å². The number of nitrogens with zero attached hydrogens (tertiary/aromatic N) is 2. The molecule has 0 saturated carbocycles. The lowest BCUT2D eigenvalue weighted by Gasteiger charge is -2.30. The average Bonchev–Trinajstić information content (AvgIpc) is 2.38. The molecule has 1 heterocycles. The summed E-state index contributed by atoms with van der Waals surface area (Å²) in [6, 6.07) is 0. The van der Waals surface area contributed by atoms with E-state index in [1.165, 1.54) is 0 Å². The molecule has 0 aromatic heterocycles. The molecule has 7 heteroatoms. The summed E-state index contributed by atoms with van der Waals surface area (Å²) < 4.78 is 0. The third-order valence-electron chi connectivity index (χ3n) is 3.65. The van der Waals surface area contributed by atoms with Crippen LogP contribution in [0, 0.1) is 0 Å². The zero-order valence-corrected chi connectivity index (χ0v) is 14.4. The fraction of sp³-hybridized carbons (Fsp3) is 0.857. The van der Waals surface area contributed by atoms with Crippen molar-refractivity contribution in [1.82, 2.24) is 20.4 Å². The lowest BCUT2D eigenvalue weighted by Crippen LogP contribution is -2.51. The van der Waals surface area contributed by atoms with Crippen LogP contribution >= 0.6 is 12.4 Å². The van der Waals surface area contributed by atoms with Gasteiger partial charge in [-0.05, 0) is 27.3 Å². The van der Waals surface area contributed by atoms with Crippen LogP contribution < -0.4 is 10.6 Å². The van der Waals surface area contributed by atoms with E-state index < -0.39 is 0 Å². The maximum absolute atomic E-state index is 12.1. The van der Waals surface area contributed by atoms with E-state index in [2.05, 4.69) is 10.6 Å². The minimum atomic E-state index is -0.194. The van der Waals surface area contributed by atoms with Crippen LogP contribution in [0.5, 0.6) is 0 Å². The molecule has 0 aliphatic carbocycles. The van der Waals surface area contributed by atoms with Crippen molar-refractivity contribution in [3.8, 4) is 0 Å². The molecule has 0 aromatic rings. The second kappa shape index (κ2) is 9.23. The van der Waals surface area contributed by atoms with Gasteiger partial charge in [-0.15, -0.1) is 12.4 Å². The highest BCUT2D eigenvalue weighted by atomic mass is 35.5. The van der Waals surface area contributed by atoms with E-state index in [1.54, 1.807) is 11.9 Å². The number of likely N-dealkylation sites (N-methyl/N-ethyl adjacent to an activating group) is 1. The van der Waals surface area contributed by atoms with Crippen LogP contribution in [0.3, 0.4) is 0 Å². The number of amides is 2. The van der Waals surface area contributed by atoms with Gasteiger partial charge in [-0.3, -0.25) is 14.5 Å². The van der Waals surface area contributed by atoms with Crippen LogP contribution in [-0.2, 0) is 9.59 Å². The summed E-state index contributed by atoms with van der Waals surface area (Å²) >= 11 is 0. The first-order chi connectivity index (χ1) is 9.34. The minimum Gasteiger partial charge on any atom is -0.350 e. The topological polar surface area (TPSA) is 64.7 Å². The van der Waals surface area contributed by atoms with Crippen molar-refractivity contribution < 1.29 is 9.59 Å². The van der Waals surface area contributed by atoms with Gasteiger partial charge in [0.1, 0.15) is 0 Å². The SMILES string of the molecule is CCC(C)(C)NC(=O)CN(C)CC(=O)N1CCNCC1.Cl. The molecule has 0 bridgehead atoms. The number of rotatable bonds is 6. The Morgan fingerprint density at radius 3 is 2.33 bits per heavy atom. The summed E-state index contributed by atoms with van der Waals surface area (Å²) in [4.78, 5) is 27.6. The van der Waals surface area contributed by atoms with Crippen LogP contribution in [0.2, 0.25) is 0 Å². The van der Waals surface area contributed by atoms with Gasteiger partial charge in [0.15, 0.2) is 0 Å². The normalized spacial score (nSPS) is 15.6. The molecule has 124 valence electrons. The molecule has 1 aliphatic rings. The smallest absolute Gasteiger partial charge is 0.236 e. The van der Waals surface area contributed by atoms with E-state index in [0.717, 1.165) is 32.6 Å². The van der Waals surface area contributed by atoms with Gasteiger partial charge in [0, 0.05) is 31.7 Å². The Morgan fingerprint density at radius 1 is 1.24 bits per heavy atom. The van der Waals surface area contributed by atoms with Gasteiger partial charge in [0.05, 0.1) is 13.1 Å². The lowest BCUT2D eigenvalue weighted by molar-refractivity contribution is -0.133. The summed E-state index contributed by atoms with van der Waals surface area (Å²) in [7, 11) is 1.80. The minimum absolute atomic E-state index is 0. The molecule has 21 heavy (non-hydrogen) atoms. The Labute approximate surface area is 134 Å². The summed E-state index contributed by atoms with van der Waals surface area (Å²) in [5, 5.41) is 6.19. The van der Waals surface area contributed by atoms with E-state index >= 15 is 0 Å². The molecule has 0 radical (unpaired) electrons. The molecule has 6 nitrogen and oxygen atoms in total. The number of piperazine rings is 1. The highest BCUT2D eigenvalue weighted by Gasteiger charge is 2.21. The van der Waals surface area contributed by atoms with E-state index in [1.807, 2.05) is 25.7 Å². The molecule has 0 atom stereocenters. The fourth-order valence-electron chi connectivity index (χ4n) is 2.05. The Kier molecular flexibility index (Phi) is 8.85. The number of carbonyl (C=O) groups excluding carboxylic acids is 2. The first-order valence-electron chi connectivity index (χ1n) is 7.32. The maximum atomic E-state index is 12.1. The Hall–Kier alpha value is -0.850. The lowest BCUT2D eigenvalue weighted by atomic mass is 10.0. The zero-order valence-electron chi connectivity index (χ0n) is 13.6. The molecule has 1 fully saturated rings. The van der Waals surface area contributed by atoms with Crippen molar-refractivity contribution in [2.75, 3.05) is 46.3 Å². The van der Waals surface area contributed by atoms with Crippen LogP contribution in [0.15, 0.2) is 0 Å². The monoisotopic (exact) mass is 320 g/mol. The van der Waals surface area contributed by atoms with Crippen molar-refractivity contribution in [2.45, 2.75) is 32.7 Å². The first-order valence-corrected chi connectivity index (χ1v) is 7.32. The van der Waals surface area contributed by atoms with Crippen LogP contribution in [0.4, 0.5) is 0 Å². The van der Waals surface area contributed by atoms with E-state index in [4.69, 9.17) is 0 Å². The molecule has 0 spiro atoms. The van der Waals surface area contributed by atoms with Gasteiger partial charge >= 0.3 is 0 Å². The van der Waals surface area contributed by atoms with Gasteiger partial charge in [0.2, 0.25) is 11.8 Å². The van der Waals surface area contributed by atoms with Crippen molar-refractivity contribution in [3.05, 3.63) is 0 Å². The quantitative estimate of drug-likeness (QED) is 0.727. The molecular formula is C14H29ClN4O2. The van der Waals surface area contributed by atoms with E-state index in [9.17, 15) is 9.59 Å². The maximum Gasteiger partial charge on any atom is 0.236 e. The predicted molar refractivity (Wildman–Crippen MR) is 86.7 cm³/mol. The highest BCUT2D eigenvalue weighted by molar-refractivity contribution is 5.85. The van der Waals surface area contributed by atoms with Crippen molar-refractivity contribution in [3.63, 3.8) is 0 Å². The van der Waals surface area contributed by atoms with Crippen LogP contribution in [0.25, 0.3) is 0 Å². The molecule has 1 rings (SSSR count). The van der Waals surface area contributed by atoms with E-state index in [0.29, 0.717) is 6.54 Å². The molecule has 1 aliphatic heterocycles. The number of hydrogen-bond donors (Lipinski definition) is 2. The van der Waals surface area contributed by atoms with Crippen LogP contribution in [0.1, 0.15) is 27.2 Å². The standard InChI is InChI=1S/C14H28N4O2.ClH/c1-5-14(2,3)16-12(19)10-17(4)11-13(20)18-8-6-15-7-9-18;/h15H,5-11H2,1-4H3,(H,16,19);1H. The second-order valence-corrected chi connectivity index (χ2v) is 6.09. The average molecular weight is 321 g/mol. The molecular weight excluding hydrogens is 292 g/mol. The summed E-state index contributed by atoms with van der Waals surface area (Å²) in [6.45, 7) is 9.78. The summed E-state index contributed by atoms with van der Waals surface area (Å²) in [5.74, 6) is 0.0593. The number of halogens is 1. The summed E-state index contributed by atoms with van der Waals surface area (Å²) in [6.07, 6.45) is 0.877. The first kappa shape index (κ1) is 20.1. The molecule has 1 saturated heterocycles. The Balaban J connectivity index is 0.00000400. The second-order valence-electron chi connectivity index (χ2n) is 6.09. The van der Waals surface area contributed by atoms with Gasteiger partial charge in [-0.2, -0.15) is 0 Å². The predicted octanol–water partition coefficient (Wildman–Crippen LogP) is 0.0766. The zero-order chi connectivity index (χ0) is 15.2. The van der Waals surface area contributed by atoms with Gasteiger partial charge in [-0.25, -0.2) is 0 Å². The van der Waals surface area contributed by atoms with Gasteiger partial charge in [-0.1, -0.05) is 6.92 Å². The van der Waals surface area contributed by atoms with Crippen molar-refractivity contribution >= 4 is 24.2 Å². The molecule has 0 aromatic carbocycles. The summed E-state index contributed by atoms with van der Waals surface area (Å²) in [5.41, 5.74) is -0.194. The third-order valence-corrected chi connectivity index (χ3v) is 3.65. The third kappa shape index (κ3) is 7.64. The molecule has 2 amide bonds.